The molecule has 0 atom stereocenters. The summed E-state index contributed by atoms with van der Waals surface area (Å²) in [4.78, 5) is 17.8. The zero-order valence-electron chi connectivity index (χ0n) is 14.1. The summed E-state index contributed by atoms with van der Waals surface area (Å²) >= 11 is 0. The number of carbonyl (C=O) groups excluding carboxylic acids is 1. The minimum atomic E-state index is -4.41. The summed E-state index contributed by atoms with van der Waals surface area (Å²) in [6, 6.07) is 8.25. The van der Waals surface area contributed by atoms with Crippen LogP contribution in [0.15, 0.2) is 36.4 Å². The molecule has 0 fully saturated rings. The van der Waals surface area contributed by atoms with E-state index in [-0.39, 0.29) is 18.9 Å². The normalized spacial score (nSPS) is 13.8. The number of anilines is 2. The third-order valence-corrected chi connectivity index (χ3v) is 3.73. The van der Waals surface area contributed by atoms with Crippen LogP contribution in [0.25, 0.3) is 0 Å². The molecule has 0 aliphatic carbocycles. The molecule has 1 amide bonds. The van der Waals surface area contributed by atoms with E-state index >= 15 is 0 Å². The summed E-state index contributed by atoms with van der Waals surface area (Å²) in [6.07, 6.45) is -3.66. The van der Waals surface area contributed by atoms with E-state index in [1.54, 1.807) is 18.2 Å². The Morgan fingerprint density at radius 3 is 2.56 bits per heavy atom. The fourth-order valence-corrected chi connectivity index (χ4v) is 2.64. The molecule has 4 nitrogen and oxygen atoms in total. The van der Waals surface area contributed by atoms with Crippen LogP contribution in [0.4, 0.5) is 24.7 Å². The first-order valence-electron chi connectivity index (χ1n) is 8.06. The van der Waals surface area contributed by atoms with Crippen molar-refractivity contribution < 1.29 is 18.0 Å². The Morgan fingerprint density at radius 1 is 1.16 bits per heavy atom. The number of hydrogen-bond donors (Lipinski definition) is 1. The van der Waals surface area contributed by atoms with Gasteiger partial charge in [0.25, 0.3) is 0 Å². The molecule has 1 aliphatic rings. The van der Waals surface area contributed by atoms with E-state index in [0.29, 0.717) is 29.2 Å². The Balaban J connectivity index is 0.00000109. The van der Waals surface area contributed by atoms with Crippen molar-refractivity contribution in [3.63, 3.8) is 0 Å². The number of fused-ring (bicyclic) bond motifs is 1. The number of carbonyl (C=O) groups is 1. The molecule has 2 heterocycles. The highest BCUT2D eigenvalue weighted by molar-refractivity contribution is 5.96. The van der Waals surface area contributed by atoms with Crippen LogP contribution in [0, 0.1) is 0 Å². The number of nitrogens with two attached hydrogens (primary N) is 1. The number of alkyl halides is 3. The molecule has 25 heavy (non-hydrogen) atoms. The second-order valence-corrected chi connectivity index (χ2v) is 5.38. The predicted molar refractivity (Wildman–Crippen MR) is 91.0 cm³/mol. The number of pyridine rings is 1. The van der Waals surface area contributed by atoms with Crippen LogP contribution >= 0.6 is 0 Å². The minimum Gasteiger partial charge on any atom is -0.384 e. The molecule has 2 aromatic rings. The molecule has 1 aliphatic heterocycles. The lowest BCUT2D eigenvalue weighted by Crippen LogP contribution is -2.35. The van der Waals surface area contributed by atoms with E-state index in [4.69, 9.17) is 5.73 Å². The van der Waals surface area contributed by atoms with Crippen molar-refractivity contribution in [1.29, 1.82) is 0 Å². The molecular formula is C18H20F3N3O. The van der Waals surface area contributed by atoms with Crippen molar-refractivity contribution in [2.24, 2.45) is 0 Å². The number of rotatable bonds is 2. The predicted octanol–water partition coefficient (Wildman–Crippen LogP) is 4.19. The monoisotopic (exact) mass is 351 g/mol. The summed E-state index contributed by atoms with van der Waals surface area (Å²) < 4.78 is 38.4. The van der Waals surface area contributed by atoms with Crippen LogP contribution in [0.5, 0.6) is 0 Å². The Morgan fingerprint density at radius 2 is 1.88 bits per heavy atom. The van der Waals surface area contributed by atoms with E-state index in [2.05, 4.69) is 4.98 Å². The van der Waals surface area contributed by atoms with E-state index in [0.717, 1.165) is 12.1 Å². The van der Waals surface area contributed by atoms with Crippen LogP contribution < -0.4 is 10.6 Å². The maximum atomic E-state index is 12.8. The smallest absolute Gasteiger partial charge is 0.384 e. The Kier molecular flexibility index (Phi) is 5.66. The van der Waals surface area contributed by atoms with E-state index in [1.165, 1.54) is 11.0 Å². The lowest BCUT2D eigenvalue weighted by Gasteiger charge is -2.29. The van der Waals surface area contributed by atoms with Gasteiger partial charge in [-0.1, -0.05) is 26.0 Å². The van der Waals surface area contributed by atoms with E-state index in [9.17, 15) is 18.0 Å². The third kappa shape index (κ3) is 4.29. The zero-order chi connectivity index (χ0) is 18.6. The van der Waals surface area contributed by atoms with Gasteiger partial charge in [-0.05, 0) is 29.8 Å². The molecule has 0 bridgehead atoms. The lowest BCUT2D eigenvalue weighted by molar-refractivity contribution is -0.137. The molecular weight excluding hydrogens is 331 g/mol. The number of nitrogens with zero attached hydrogens (tertiary/aromatic N) is 2. The van der Waals surface area contributed by atoms with E-state index in [1.807, 2.05) is 13.8 Å². The largest absolute Gasteiger partial charge is 0.416 e. The van der Waals surface area contributed by atoms with Gasteiger partial charge in [-0.3, -0.25) is 4.79 Å². The number of aryl methyl sites for hydroxylation is 1. The van der Waals surface area contributed by atoms with Gasteiger partial charge in [0.15, 0.2) is 0 Å². The van der Waals surface area contributed by atoms with Crippen molar-refractivity contribution in [2.45, 2.75) is 39.4 Å². The van der Waals surface area contributed by atoms with Gasteiger partial charge in [0.2, 0.25) is 5.91 Å². The van der Waals surface area contributed by atoms with Crippen molar-refractivity contribution in [3.05, 3.63) is 53.2 Å². The average Bonchev–Trinajstić information content (AvgIpc) is 2.59. The van der Waals surface area contributed by atoms with Gasteiger partial charge >= 0.3 is 6.18 Å². The SMILES string of the molecule is CC.Nc1ccc2c(n1)CCC(=O)N2Cc1cccc(C(F)(F)F)c1. The second kappa shape index (κ2) is 7.55. The first-order valence-corrected chi connectivity index (χ1v) is 8.06. The van der Waals surface area contributed by atoms with Crippen molar-refractivity contribution >= 4 is 17.4 Å². The molecule has 134 valence electrons. The van der Waals surface area contributed by atoms with Gasteiger partial charge in [-0.2, -0.15) is 13.2 Å². The molecule has 0 unspecified atom stereocenters. The van der Waals surface area contributed by atoms with E-state index < -0.39 is 11.7 Å². The summed E-state index contributed by atoms with van der Waals surface area (Å²) in [7, 11) is 0. The Labute approximate surface area is 144 Å². The standard InChI is InChI=1S/C16H14F3N3O.C2H6/c17-16(18,19)11-3-1-2-10(8-11)9-22-13-5-6-14(20)21-12(13)4-7-15(22)23;1-2/h1-3,5-6,8H,4,7,9H2,(H2,20,21);1-2H3. The van der Waals surface area contributed by atoms with Gasteiger partial charge < -0.3 is 10.6 Å². The number of halogens is 3. The summed E-state index contributed by atoms with van der Waals surface area (Å²) in [6.45, 7) is 4.07. The first kappa shape index (κ1) is 18.8. The number of aromatic nitrogens is 1. The van der Waals surface area contributed by atoms with Gasteiger partial charge in [0, 0.05) is 12.8 Å². The quantitative estimate of drug-likeness (QED) is 0.883. The van der Waals surface area contributed by atoms with Crippen LogP contribution in [0.1, 0.15) is 37.1 Å². The third-order valence-electron chi connectivity index (χ3n) is 3.73. The maximum Gasteiger partial charge on any atom is 0.416 e. The minimum absolute atomic E-state index is 0.0708. The summed E-state index contributed by atoms with van der Waals surface area (Å²) in [5, 5.41) is 0. The molecule has 0 spiro atoms. The van der Waals surface area contributed by atoms with Gasteiger partial charge in [0.05, 0.1) is 23.5 Å². The maximum absolute atomic E-state index is 12.8. The summed E-state index contributed by atoms with van der Waals surface area (Å²) in [5.74, 6) is 0.221. The number of amides is 1. The molecule has 1 aromatic heterocycles. The molecule has 7 heteroatoms. The summed E-state index contributed by atoms with van der Waals surface area (Å²) in [5.41, 5.74) is 6.63. The van der Waals surface area contributed by atoms with Gasteiger partial charge in [0.1, 0.15) is 5.82 Å². The fourth-order valence-electron chi connectivity index (χ4n) is 2.64. The molecule has 0 radical (unpaired) electrons. The van der Waals surface area contributed by atoms with Gasteiger partial charge in [-0.25, -0.2) is 4.98 Å². The van der Waals surface area contributed by atoms with Crippen molar-refractivity contribution in [2.75, 3.05) is 10.6 Å². The van der Waals surface area contributed by atoms with Crippen LogP contribution in [-0.4, -0.2) is 10.9 Å². The number of hydrogen-bond acceptors (Lipinski definition) is 3. The zero-order valence-corrected chi connectivity index (χ0v) is 14.1. The second-order valence-electron chi connectivity index (χ2n) is 5.38. The van der Waals surface area contributed by atoms with Gasteiger partial charge in [-0.15, -0.1) is 0 Å². The van der Waals surface area contributed by atoms with Crippen LogP contribution in [-0.2, 0) is 23.9 Å². The topological polar surface area (TPSA) is 59.2 Å². The van der Waals surface area contributed by atoms with Crippen LogP contribution in [0.3, 0.4) is 0 Å². The molecule has 0 saturated carbocycles. The lowest BCUT2D eigenvalue weighted by atomic mass is 10.0. The average molecular weight is 351 g/mol. The Bertz CT molecular complexity index is 759. The fraction of sp³-hybridized carbons (Fsp3) is 0.333. The first-order chi connectivity index (χ1) is 11.8. The number of benzene rings is 1. The molecule has 0 saturated heterocycles. The highest BCUT2D eigenvalue weighted by Gasteiger charge is 2.31. The Hall–Kier alpha value is -2.57. The van der Waals surface area contributed by atoms with Crippen molar-refractivity contribution in [1.82, 2.24) is 4.98 Å². The van der Waals surface area contributed by atoms with Crippen molar-refractivity contribution in [3.8, 4) is 0 Å². The highest BCUT2D eigenvalue weighted by atomic mass is 19.4. The molecule has 3 rings (SSSR count). The molecule has 2 N–H and O–H groups in total. The highest BCUT2D eigenvalue weighted by Crippen LogP contribution is 2.32. The molecule has 1 aromatic carbocycles. The van der Waals surface area contributed by atoms with Crippen LogP contribution in [0.2, 0.25) is 0 Å². The number of nitrogen functional groups attached to an aromatic ring is 1.